The molecular formula is C29H21ClF3N7O2. The molecule has 13 heteroatoms. The molecule has 212 valence electrons. The fourth-order valence-corrected chi connectivity index (χ4v) is 4.07. The number of pyridine rings is 2. The molecule has 0 radical (unpaired) electrons. The van der Waals surface area contributed by atoms with Crippen molar-refractivity contribution >= 4 is 34.8 Å². The maximum atomic E-state index is 13.4. The van der Waals surface area contributed by atoms with Gasteiger partial charge >= 0.3 is 18.2 Å². The Bertz CT molecular complexity index is 1730. The lowest BCUT2D eigenvalue weighted by Gasteiger charge is -2.15. The quantitative estimate of drug-likeness (QED) is 0.185. The van der Waals surface area contributed by atoms with Crippen molar-refractivity contribution in [2.45, 2.75) is 13.1 Å². The van der Waals surface area contributed by atoms with E-state index in [1.165, 1.54) is 30.9 Å². The highest BCUT2D eigenvalue weighted by Gasteiger charge is 2.31. The van der Waals surface area contributed by atoms with Crippen molar-refractivity contribution in [2.75, 3.05) is 16.4 Å². The number of halogens is 4. The fraction of sp³-hybridized carbons (Fsp3) is 0.0690. The summed E-state index contributed by atoms with van der Waals surface area (Å²) in [6.07, 6.45) is 0.978. The van der Waals surface area contributed by atoms with Gasteiger partial charge in [0.25, 0.3) is 0 Å². The van der Waals surface area contributed by atoms with Gasteiger partial charge < -0.3 is 21.1 Å². The van der Waals surface area contributed by atoms with Crippen molar-refractivity contribution in [2.24, 2.45) is 0 Å². The summed E-state index contributed by atoms with van der Waals surface area (Å²) in [6.45, 7) is 1.79. The molecule has 4 N–H and O–H groups in total. The van der Waals surface area contributed by atoms with E-state index >= 15 is 0 Å². The molecule has 3 aromatic heterocycles. The third-order valence-corrected chi connectivity index (χ3v) is 6.17. The number of rotatable bonds is 6. The molecule has 0 saturated carbocycles. The number of aromatic nitrogens is 4. The van der Waals surface area contributed by atoms with Crippen molar-refractivity contribution < 1.29 is 22.7 Å². The maximum Gasteiger partial charge on any atom is 0.416 e. The SMILES string of the molecule is Cc1ccc(-c2ccc(C(F)(F)F)cc2NC(=O)Nc2cnc(Oc3ccc(-c4cc(Cl)cnc4N)cc3)nc2)cn1. The first-order chi connectivity index (χ1) is 20.0. The lowest BCUT2D eigenvalue weighted by molar-refractivity contribution is -0.137. The van der Waals surface area contributed by atoms with E-state index in [-0.39, 0.29) is 17.4 Å². The number of amides is 2. The number of hydrogen-bond acceptors (Lipinski definition) is 7. The molecule has 0 aliphatic carbocycles. The molecule has 2 amide bonds. The van der Waals surface area contributed by atoms with Crippen LogP contribution < -0.4 is 21.1 Å². The Labute approximate surface area is 242 Å². The number of alkyl halides is 3. The van der Waals surface area contributed by atoms with Crippen LogP contribution in [-0.2, 0) is 6.18 Å². The molecule has 0 bridgehead atoms. The van der Waals surface area contributed by atoms with Crippen LogP contribution in [0.3, 0.4) is 0 Å². The largest absolute Gasteiger partial charge is 0.424 e. The Balaban J connectivity index is 1.26. The molecule has 5 rings (SSSR count). The van der Waals surface area contributed by atoms with Crippen molar-refractivity contribution in [1.29, 1.82) is 0 Å². The Morgan fingerprint density at radius 3 is 2.21 bits per heavy atom. The molecule has 0 spiro atoms. The van der Waals surface area contributed by atoms with Crippen LogP contribution in [0.2, 0.25) is 5.02 Å². The van der Waals surface area contributed by atoms with Gasteiger partial charge in [0, 0.05) is 34.8 Å². The molecule has 42 heavy (non-hydrogen) atoms. The first kappa shape index (κ1) is 28.3. The molecule has 3 heterocycles. The third-order valence-electron chi connectivity index (χ3n) is 5.96. The molecule has 0 unspecified atom stereocenters. The number of nitrogen functional groups attached to an aromatic ring is 1. The van der Waals surface area contributed by atoms with Gasteiger partial charge in [-0.3, -0.25) is 4.98 Å². The molecule has 9 nitrogen and oxygen atoms in total. The summed E-state index contributed by atoms with van der Waals surface area (Å²) >= 11 is 6.02. The molecule has 0 saturated heterocycles. The first-order valence-corrected chi connectivity index (χ1v) is 12.7. The molecule has 0 fully saturated rings. The van der Waals surface area contributed by atoms with E-state index in [0.29, 0.717) is 33.3 Å². The van der Waals surface area contributed by atoms with Crippen LogP contribution in [0.5, 0.6) is 11.8 Å². The zero-order valence-corrected chi connectivity index (χ0v) is 22.5. The second kappa shape index (κ2) is 11.7. The normalized spacial score (nSPS) is 11.2. The molecule has 5 aromatic rings. The number of anilines is 3. The highest BCUT2D eigenvalue weighted by molar-refractivity contribution is 6.30. The number of carbonyl (C=O) groups excluding carboxylic acids is 1. The summed E-state index contributed by atoms with van der Waals surface area (Å²) in [7, 11) is 0. The number of benzene rings is 2. The number of nitrogens with zero attached hydrogens (tertiary/aromatic N) is 4. The number of aryl methyl sites for hydroxylation is 1. The average molecular weight is 592 g/mol. The topological polar surface area (TPSA) is 128 Å². The van der Waals surface area contributed by atoms with Gasteiger partial charge in [-0.15, -0.1) is 0 Å². The summed E-state index contributed by atoms with van der Waals surface area (Å²) < 4.78 is 45.8. The van der Waals surface area contributed by atoms with Crippen LogP contribution >= 0.6 is 11.6 Å². The van der Waals surface area contributed by atoms with Crippen molar-refractivity contribution in [3.8, 4) is 34.0 Å². The van der Waals surface area contributed by atoms with E-state index < -0.39 is 17.8 Å². The molecule has 0 aliphatic rings. The number of hydrogen-bond donors (Lipinski definition) is 3. The second-order valence-corrected chi connectivity index (χ2v) is 9.43. The maximum absolute atomic E-state index is 13.4. The Hall–Kier alpha value is -5.23. The lowest BCUT2D eigenvalue weighted by Crippen LogP contribution is -2.20. The first-order valence-electron chi connectivity index (χ1n) is 12.3. The Morgan fingerprint density at radius 2 is 1.55 bits per heavy atom. The minimum absolute atomic E-state index is 0.00433. The van der Waals surface area contributed by atoms with Crippen LogP contribution in [0.4, 0.5) is 35.2 Å². The van der Waals surface area contributed by atoms with Gasteiger partial charge in [-0.25, -0.2) is 19.7 Å². The monoisotopic (exact) mass is 591 g/mol. The standard InChI is InChI=1S/C29H21ClF3N7O2/c1-16-2-3-18(12-35-16)23-9-6-19(29(31,32)33)10-25(23)40-27(41)39-21-14-37-28(38-15-21)42-22-7-4-17(5-8-22)24-11-20(30)13-36-26(24)34/h2-15H,1H3,(H2,34,36)(H2,39,40,41). The van der Waals surface area contributed by atoms with Crippen LogP contribution in [0, 0.1) is 6.92 Å². The minimum atomic E-state index is -4.60. The van der Waals surface area contributed by atoms with Crippen LogP contribution in [-0.4, -0.2) is 26.0 Å². The van der Waals surface area contributed by atoms with Gasteiger partial charge in [0.1, 0.15) is 11.6 Å². The zero-order chi connectivity index (χ0) is 29.9. The molecule has 2 aromatic carbocycles. The van der Waals surface area contributed by atoms with Crippen LogP contribution in [0.25, 0.3) is 22.3 Å². The fourth-order valence-electron chi connectivity index (χ4n) is 3.91. The van der Waals surface area contributed by atoms with Gasteiger partial charge in [0.15, 0.2) is 0 Å². The Morgan fingerprint density at radius 1 is 0.833 bits per heavy atom. The van der Waals surface area contributed by atoms with Gasteiger partial charge in [0.2, 0.25) is 0 Å². The lowest BCUT2D eigenvalue weighted by atomic mass is 10.0. The van der Waals surface area contributed by atoms with E-state index in [1.54, 1.807) is 49.4 Å². The number of nitrogens with two attached hydrogens (primary N) is 1. The van der Waals surface area contributed by atoms with Gasteiger partial charge in [-0.2, -0.15) is 13.2 Å². The number of nitrogens with one attached hydrogen (secondary N) is 2. The van der Waals surface area contributed by atoms with E-state index in [9.17, 15) is 18.0 Å². The van der Waals surface area contributed by atoms with Gasteiger partial charge in [-0.05, 0) is 48.9 Å². The van der Waals surface area contributed by atoms with Crippen molar-refractivity contribution in [3.63, 3.8) is 0 Å². The molecule has 0 atom stereocenters. The van der Waals surface area contributed by atoms with Crippen LogP contribution in [0.1, 0.15) is 11.3 Å². The zero-order valence-electron chi connectivity index (χ0n) is 21.8. The van der Waals surface area contributed by atoms with E-state index in [2.05, 4.69) is 30.6 Å². The Kier molecular flexibility index (Phi) is 7.89. The minimum Gasteiger partial charge on any atom is -0.424 e. The predicted octanol–water partition coefficient (Wildman–Crippen LogP) is 7.60. The van der Waals surface area contributed by atoms with Crippen molar-refractivity contribution in [1.82, 2.24) is 19.9 Å². The summed E-state index contributed by atoms with van der Waals surface area (Å²) in [5.41, 5.74) is 8.26. The van der Waals surface area contributed by atoms with Crippen LogP contribution in [0.15, 0.2) is 85.5 Å². The summed E-state index contributed by atoms with van der Waals surface area (Å²) in [6, 6.07) is 14.4. The van der Waals surface area contributed by atoms with Gasteiger partial charge in [-0.1, -0.05) is 35.9 Å². The highest BCUT2D eigenvalue weighted by atomic mass is 35.5. The molecular weight excluding hydrogens is 571 g/mol. The summed E-state index contributed by atoms with van der Waals surface area (Å²) in [5, 5.41) is 5.44. The molecule has 0 aliphatic heterocycles. The van der Waals surface area contributed by atoms with Crippen molar-refractivity contribution in [3.05, 3.63) is 102 Å². The van der Waals surface area contributed by atoms with Gasteiger partial charge in [0.05, 0.1) is 34.4 Å². The number of urea groups is 1. The summed E-state index contributed by atoms with van der Waals surface area (Å²) in [4.78, 5) is 29.1. The second-order valence-electron chi connectivity index (χ2n) is 8.99. The van der Waals surface area contributed by atoms with E-state index in [0.717, 1.165) is 23.4 Å². The number of ether oxygens (including phenoxy) is 1. The smallest absolute Gasteiger partial charge is 0.416 e. The predicted molar refractivity (Wildman–Crippen MR) is 153 cm³/mol. The third kappa shape index (κ3) is 6.73. The highest BCUT2D eigenvalue weighted by Crippen LogP contribution is 2.36. The summed E-state index contributed by atoms with van der Waals surface area (Å²) in [5.74, 6) is 0.772. The van der Waals surface area contributed by atoms with E-state index in [4.69, 9.17) is 22.1 Å². The van der Waals surface area contributed by atoms with E-state index in [1.807, 2.05) is 0 Å². The number of carbonyl (C=O) groups is 1. The average Bonchev–Trinajstić information content (AvgIpc) is 2.96.